The molecule has 0 saturated carbocycles. The number of guanidine groups is 1. The average Bonchev–Trinajstić information content (AvgIpc) is 3.06. The fourth-order valence-corrected chi connectivity index (χ4v) is 2.87. The molecule has 144 valence electrons. The number of nitrogens with one attached hydrogen (secondary N) is 2. The fraction of sp³-hybridized carbons (Fsp3) is 0.444. The van der Waals surface area contributed by atoms with Gasteiger partial charge in [-0.3, -0.25) is 4.99 Å². The maximum Gasteiger partial charge on any atom is 0.191 e. The van der Waals surface area contributed by atoms with E-state index in [1.54, 1.807) is 18.4 Å². The van der Waals surface area contributed by atoms with Gasteiger partial charge in [-0.25, -0.2) is 4.98 Å². The van der Waals surface area contributed by atoms with E-state index in [0.717, 1.165) is 22.5 Å². The average molecular weight is 489 g/mol. The zero-order chi connectivity index (χ0) is 18.2. The third kappa shape index (κ3) is 7.36. The van der Waals surface area contributed by atoms with Gasteiger partial charge in [-0.2, -0.15) is 0 Å². The van der Waals surface area contributed by atoms with Crippen LogP contribution in [-0.2, 0) is 6.54 Å². The Kier molecular flexibility index (Phi) is 9.71. The number of aliphatic imine (C=N–C) groups is 1. The van der Waals surface area contributed by atoms with Gasteiger partial charge in [0.15, 0.2) is 11.1 Å². The SMILES string of the molecule is CN=C(NCc1csc(N(C)C)n1)NCC(C)Oc1ccc(C)cc1.I. The van der Waals surface area contributed by atoms with Crippen molar-refractivity contribution in [1.29, 1.82) is 0 Å². The number of nitrogens with zero attached hydrogens (tertiary/aromatic N) is 3. The first kappa shape index (κ1) is 22.5. The summed E-state index contributed by atoms with van der Waals surface area (Å²) >= 11 is 1.63. The Morgan fingerprint density at radius 2 is 1.96 bits per heavy atom. The molecule has 2 rings (SSSR count). The lowest BCUT2D eigenvalue weighted by Gasteiger charge is -2.17. The molecule has 0 aliphatic carbocycles. The first-order chi connectivity index (χ1) is 12.0. The van der Waals surface area contributed by atoms with Crippen molar-refractivity contribution in [2.24, 2.45) is 4.99 Å². The van der Waals surface area contributed by atoms with Gasteiger partial charge in [0, 0.05) is 26.5 Å². The lowest BCUT2D eigenvalue weighted by Crippen LogP contribution is -2.41. The number of benzene rings is 1. The van der Waals surface area contributed by atoms with E-state index >= 15 is 0 Å². The van der Waals surface area contributed by atoms with E-state index in [4.69, 9.17) is 4.74 Å². The van der Waals surface area contributed by atoms with Crippen molar-refractivity contribution in [3.8, 4) is 5.75 Å². The van der Waals surface area contributed by atoms with Crippen LogP contribution in [0, 0.1) is 6.92 Å². The maximum absolute atomic E-state index is 5.90. The third-order valence-corrected chi connectivity index (χ3v) is 4.56. The first-order valence-corrected chi connectivity index (χ1v) is 9.15. The quantitative estimate of drug-likeness (QED) is 0.355. The topological polar surface area (TPSA) is 61.8 Å². The number of thiazole rings is 1. The Morgan fingerprint density at radius 3 is 2.54 bits per heavy atom. The molecule has 2 N–H and O–H groups in total. The van der Waals surface area contributed by atoms with Crippen molar-refractivity contribution >= 4 is 46.4 Å². The van der Waals surface area contributed by atoms with Crippen LogP contribution >= 0.6 is 35.3 Å². The second-order valence-electron chi connectivity index (χ2n) is 6.06. The van der Waals surface area contributed by atoms with Crippen LogP contribution in [0.25, 0.3) is 0 Å². The van der Waals surface area contributed by atoms with E-state index in [0.29, 0.717) is 13.1 Å². The van der Waals surface area contributed by atoms with Crippen LogP contribution in [0.4, 0.5) is 5.13 Å². The van der Waals surface area contributed by atoms with Gasteiger partial charge in [0.25, 0.3) is 0 Å². The molecule has 0 bridgehead atoms. The summed E-state index contributed by atoms with van der Waals surface area (Å²) in [6.45, 7) is 5.39. The summed E-state index contributed by atoms with van der Waals surface area (Å²) in [7, 11) is 5.74. The summed E-state index contributed by atoms with van der Waals surface area (Å²) < 4.78 is 5.90. The van der Waals surface area contributed by atoms with Crippen LogP contribution in [0.2, 0.25) is 0 Å². The predicted octanol–water partition coefficient (Wildman–Crippen LogP) is 3.27. The van der Waals surface area contributed by atoms with Gasteiger partial charge in [0.2, 0.25) is 0 Å². The summed E-state index contributed by atoms with van der Waals surface area (Å²) in [4.78, 5) is 10.8. The molecule has 6 nitrogen and oxygen atoms in total. The summed E-state index contributed by atoms with van der Waals surface area (Å²) in [6, 6.07) is 8.07. The van der Waals surface area contributed by atoms with E-state index in [9.17, 15) is 0 Å². The van der Waals surface area contributed by atoms with Crippen molar-refractivity contribution in [3.63, 3.8) is 0 Å². The van der Waals surface area contributed by atoms with E-state index in [-0.39, 0.29) is 30.1 Å². The zero-order valence-corrected chi connectivity index (χ0v) is 19.1. The molecule has 2 aromatic rings. The second kappa shape index (κ2) is 11.2. The van der Waals surface area contributed by atoms with Crippen molar-refractivity contribution in [1.82, 2.24) is 15.6 Å². The van der Waals surface area contributed by atoms with E-state index in [2.05, 4.69) is 32.9 Å². The fourth-order valence-electron chi connectivity index (χ4n) is 2.11. The van der Waals surface area contributed by atoms with Gasteiger partial charge in [0.1, 0.15) is 11.9 Å². The molecule has 1 aromatic carbocycles. The molecule has 1 atom stereocenters. The van der Waals surface area contributed by atoms with Crippen molar-refractivity contribution in [3.05, 3.63) is 40.9 Å². The minimum absolute atomic E-state index is 0. The minimum atomic E-state index is 0. The Balaban J connectivity index is 0.00000338. The number of hydrogen-bond acceptors (Lipinski definition) is 5. The minimum Gasteiger partial charge on any atom is -0.489 e. The second-order valence-corrected chi connectivity index (χ2v) is 6.90. The molecule has 0 spiro atoms. The number of ether oxygens (including phenoxy) is 1. The summed E-state index contributed by atoms with van der Waals surface area (Å²) in [6.07, 6.45) is 0.0286. The van der Waals surface area contributed by atoms with Gasteiger partial charge in [-0.15, -0.1) is 35.3 Å². The highest BCUT2D eigenvalue weighted by atomic mass is 127. The molecule has 0 saturated heterocycles. The van der Waals surface area contributed by atoms with E-state index in [1.807, 2.05) is 50.2 Å². The smallest absolute Gasteiger partial charge is 0.191 e. The van der Waals surface area contributed by atoms with Crippen molar-refractivity contribution in [2.45, 2.75) is 26.5 Å². The van der Waals surface area contributed by atoms with Crippen molar-refractivity contribution in [2.75, 3.05) is 32.6 Å². The standard InChI is InChI=1S/C18H27N5OS.HI/c1-13-6-8-16(9-7-13)24-14(2)10-20-17(19-3)21-11-15-12-25-18(22-15)23(4)5;/h6-9,12,14H,10-11H2,1-5H3,(H2,19,20,21);1H. The van der Waals surface area contributed by atoms with Gasteiger partial charge in [-0.1, -0.05) is 17.7 Å². The molecule has 26 heavy (non-hydrogen) atoms. The monoisotopic (exact) mass is 489 g/mol. The molecule has 0 amide bonds. The van der Waals surface area contributed by atoms with Crippen LogP contribution in [0.15, 0.2) is 34.6 Å². The molecule has 1 heterocycles. The number of aryl methyl sites for hydroxylation is 1. The van der Waals surface area contributed by atoms with Crippen LogP contribution in [-0.4, -0.2) is 44.7 Å². The normalized spacial score (nSPS) is 12.1. The van der Waals surface area contributed by atoms with Gasteiger partial charge in [0.05, 0.1) is 18.8 Å². The molecule has 0 radical (unpaired) electrons. The Bertz CT molecular complexity index is 687. The number of halogens is 1. The van der Waals surface area contributed by atoms with E-state index in [1.165, 1.54) is 5.56 Å². The van der Waals surface area contributed by atoms with Crippen LogP contribution < -0.4 is 20.3 Å². The Labute approximate surface area is 177 Å². The molecule has 0 aliphatic rings. The molecule has 0 aliphatic heterocycles. The maximum atomic E-state index is 5.90. The summed E-state index contributed by atoms with van der Waals surface area (Å²) in [5, 5.41) is 9.61. The summed E-state index contributed by atoms with van der Waals surface area (Å²) in [5.41, 5.74) is 2.22. The van der Waals surface area contributed by atoms with Gasteiger partial charge < -0.3 is 20.3 Å². The highest BCUT2D eigenvalue weighted by molar-refractivity contribution is 14.0. The molecular weight excluding hydrogens is 461 g/mol. The summed E-state index contributed by atoms with van der Waals surface area (Å²) in [5.74, 6) is 1.61. The predicted molar refractivity (Wildman–Crippen MR) is 121 cm³/mol. The van der Waals surface area contributed by atoms with Gasteiger partial charge >= 0.3 is 0 Å². The molecule has 8 heteroatoms. The number of aromatic nitrogens is 1. The van der Waals surface area contributed by atoms with Crippen molar-refractivity contribution < 1.29 is 4.74 Å². The van der Waals surface area contributed by atoms with Gasteiger partial charge in [-0.05, 0) is 26.0 Å². The largest absolute Gasteiger partial charge is 0.489 e. The lowest BCUT2D eigenvalue weighted by atomic mass is 10.2. The van der Waals surface area contributed by atoms with Crippen LogP contribution in [0.5, 0.6) is 5.75 Å². The van der Waals surface area contributed by atoms with Crippen LogP contribution in [0.1, 0.15) is 18.2 Å². The zero-order valence-electron chi connectivity index (χ0n) is 15.9. The first-order valence-electron chi connectivity index (χ1n) is 8.27. The Hall–Kier alpha value is -1.55. The number of hydrogen-bond donors (Lipinski definition) is 2. The van der Waals surface area contributed by atoms with Crippen LogP contribution in [0.3, 0.4) is 0 Å². The lowest BCUT2D eigenvalue weighted by molar-refractivity contribution is 0.224. The highest BCUT2D eigenvalue weighted by Gasteiger charge is 2.07. The number of rotatable bonds is 7. The molecule has 0 fully saturated rings. The molecule has 1 unspecified atom stereocenters. The molecular formula is C18H28IN5OS. The Morgan fingerprint density at radius 1 is 1.27 bits per heavy atom. The van der Waals surface area contributed by atoms with E-state index < -0.39 is 0 Å². The number of anilines is 1. The third-order valence-electron chi connectivity index (χ3n) is 3.50. The molecule has 1 aromatic heterocycles. The highest BCUT2D eigenvalue weighted by Crippen LogP contribution is 2.17.